The molecule has 0 spiro atoms. The molecule has 0 fully saturated rings. The third-order valence-corrected chi connectivity index (χ3v) is 4.05. The molecule has 0 aliphatic carbocycles. The van der Waals surface area contributed by atoms with E-state index < -0.39 is 5.79 Å². The van der Waals surface area contributed by atoms with E-state index in [0.717, 1.165) is 0 Å². The summed E-state index contributed by atoms with van der Waals surface area (Å²) in [5.41, 5.74) is 8.79. The van der Waals surface area contributed by atoms with E-state index in [0.29, 0.717) is 0 Å². The zero-order chi connectivity index (χ0) is 13.6. The first kappa shape index (κ1) is 12.3. The van der Waals surface area contributed by atoms with E-state index in [1.807, 2.05) is 20.2 Å². The lowest BCUT2D eigenvalue weighted by Crippen LogP contribution is -2.62. The SMILES string of the molecule is CN1C(c2cn(C)c3ccccc23)C=CNC1(C)N. The van der Waals surface area contributed by atoms with Crippen LogP contribution in [0.25, 0.3) is 10.9 Å². The maximum absolute atomic E-state index is 6.26. The van der Waals surface area contributed by atoms with Crippen molar-refractivity contribution in [2.24, 2.45) is 12.8 Å². The molecule has 2 aromatic rings. The topological polar surface area (TPSA) is 46.2 Å². The maximum Gasteiger partial charge on any atom is 0.140 e. The van der Waals surface area contributed by atoms with Crippen LogP contribution in [0.15, 0.2) is 42.7 Å². The lowest BCUT2D eigenvalue weighted by atomic mass is 10.0. The van der Waals surface area contributed by atoms with Crippen molar-refractivity contribution in [2.45, 2.75) is 18.8 Å². The van der Waals surface area contributed by atoms with Crippen molar-refractivity contribution in [3.8, 4) is 0 Å². The fourth-order valence-electron chi connectivity index (χ4n) is 2.75. The number of aryl methyl sites for hydroxylation is 1. The fourth-order valence-corrected chi connectivity index (χ4v) is 2.75. The van der Waals surface area contributed by atoms with Crippen LogP contribution in [0.2, 0.25) is 0 Å². The fraction of sp³-hybridized carbons (Fsp3) is 0.333. The van der Waals surface area contributed by atoms with Crippen molar-refractivity contribution < 1.29 is 0 Å². The number of aromatic nitrogens is 1. The van der Waals surface area contributed by atoms with Crippen LogP contribution in [-0.4, -0.2) is 22.3 Å². The zero-order valence-electron chi connectivity index (χ0n) is 11.6. The van der Waals surface area contributed by atoms with Crippen molar-refractivity contribution in [2.75, 3.05) is 7.05 Å². The molecular weight excluding hydrogens is 236 g/mol. The Hall–Kier alpha value is -1.78. The highest BCUT2D eigenvalue weighted by atomic mass is 15.4. The molecule has 3 N–H and O–H groups in total. The first-order chi connectivity index (χ1) is 9.00. The Morgan fingerprint density at radius 1 is 1.26 bits per heavy atom. The van der Waals surface area contributed by atoms with Crippen LogP contribution in [0.1, 0.15) is 18.5 Å². The number of rotatable bonds is 1. The second-order valence-electron chi connectivity index (χ2n) is 5.42. The van der Waals surface area contributed by atoms with Crippen molar-refractivity contribution in [1.29, 1.82) is 0 Å². The van der Waals surface area contributed by atoms with Gasteiger partial charge in [-0.3, -0.25) is 10.6 Å². The lowest BCUT2D eigenvalue weighted by Gasteiger charge is -2.42. The molecule has 2 unspecified atom stereocenters. The van der Waals surface area contributed by atoms with Crippen molar-refractivity contribution >= 4 is 10.9 Å². The molecule has 0 radical (unpaired) electrons. The number of likely N-dealkylation sites (N-methyl/N-ethyl adjacent to an activating group) is 1. The molecule has 0 bridgehead atoms. The normalized spacial score (nSPS) is 27.7. The van der Waals surface area contributed by atoms with E-state index >= 15 is 0 Å². The second kappa shape index (κ2) is 4.11. The van der Waals surface area contributed by atoms with Gasteiger partial charge in [-0.2, -0.15) is 0 Å². The van der Waals surface area contributed by atoms with Gasteiger partial charge < -0.3 is 9.88 Å². The van der Waals surface area contributed by atoms with E-state index in [2.05, 4.69) is 58.4 Å². The van der Waals surface area contributed by atoms with Crippen LogP contribution in [-0.2, 0) is 7.05 Å². The van der Waals surface area contributed by atoms with Crippen LogP contribution < -0.4 is 11.1 Å². The van der Waals surface area contributed by atoms with Gasteiger partial charge in [-0.25, -0.2) is 0 Å². The molecule has 1 aliphatic rings. The third kappa shape index (κ3) is 1.84. The molecule has 0 saturated heterocycles. The minimum atomic E-state index is -0.531. The van der Waals surface area contributed by atoms with Gasteiger partial charge in [0.2, 0.25) is 0 Å². The Kier molecular flexibility index (Phi) is 2.66. The molecule has 2 heterocycles. The van der Waals surface area contributed by atoms with Crippen LogP contribution in [0, 0.1) is 0 Å². The molecule has 19 heavy (non-hydrogen) atoms. The predicted molar refractivity (Wildman–Crippen MR) is 78.3 cm³/mol. The number of benzene rings is 1. The van der Waals surface area contributed by atoms with Gasteiger partial charge in [0.1, 0.15) is 5.79 Å². The highest BCUT2D eigenvalue weighted by Gasteiger charge is 2.32. The Balaban J connectivity index is 2.15. The molecule has 2 atom stereocenters. The van der Waals surface area contributed by atoms with Gasteiger partial charge in [0, 0.05) is 24.1 Å². The van der Waals surface area contributed by atoms with E-state index in [1.165, 1.54) is 16.5 Å². The van der Waals surface area contributed by atoms with Crippen molar-refractivity contribution in [1.82, 2.24) is 14.8 Å². The first-order valence-electron chi connectivity index (χ1n) is 6.51. The van der Waals surface area contributed by atoms with Crippen LogP contribution >= 0.6 is 0 Å². The second-order valence-corrected chi connectivity index (χ2v) is 5.42. The monoisotopic (exact) mass is 256 g/mol. The van der Waals surface area contributed by atoms with Gasteiger partial charge in [0.05, 0.1) is 6.04 Å². The smallest absolute Gasteiger partial charge is 0.140 e. The van der Waals surface area contributed by atoms with E-state index in [9.17, 15) is 0 Å². The molecule has 4 nitrogen and oxygen atoms in total. The van der Waals surface area contributed by atoms with E-state index in [-0.39, 0.29) is 6.04 Å². The molecule has 4 heteroatoms. The number of para-hydroxylation sites is 1. The number of hydrogen-bond donors (Lipinski definition) is 2. The first-order valence-corrected chi connectivity index (χ1v) is 6.51. The average Bonchev–Trinajstić information content (AvgIpc) is 2.71. The highest BCUT2D eigenvalue weighted by Crippen LogP contribution is 2.33. The van der Waals surface area contributed by atoms with Crippen LogP contribution in [0.3, 0.4) is 0 Å². The quantitative estimate of drug-likeness (QED) is 0.819. The standard InChI is InChI=1S/C15H20N4/c1-15(16)17-9-8-14(19(15)3)12-10-18(2)13-7-5-4-6-11(12)13/h4-10,14,17H,16H2,1-3H3. The maximum atomic E-state index is 6.26. The Morgan fingerprint density at radius 2 is 2.00 bits per heavy atom. The number of nitrogens with one attached hydrogen (secondary N) is 1. The number of fused-ring (bicyclic) bond motifs is 1. The molecule has 1 aliphatic heterocycles. The predicted octanol–water partition coefficient (Wildman–Crippen LogP) is 1.90. The summed E-state index contributed by atoms with van der Waals surface area (Å²) in [4.78, 5) is 2.15. The van der Waals surface area contributed by atoms with Gasteiger partial charge in [-0.15, -0.1) is 0 Å². The third-order valence-electron chi connectivity index (χ3n) is 4.05. The summed E-state index contributed by atoms with van der Waals surface area (Å²) in [7, 11) is 4.13. The number of hydrogen-bond acceptors (Lipinski definition) is 3. The summed E-state index contributed by atoms with van der Waals surface area (Å²) in [5, 5.41) is 4.46. The number of nitrogens with two attached hydrogens (primary N) is 1. The van der Waals surface area contributed by atoms with Gasteiger partial charge in [0.25, 0.3) is 0 Å². The van der Waals surface area contributed by atoms with E-state index in [4.69, 9.17) is 5.73 Å². The summed E-state index contributed by atoms with van der Waals surface area (Å²) in [5.74, 6) is -0.531. The molecular formula is C15H20N4. The van der Waals surface area contributed by atoms with Gasteiger partial charge >= 0.3 is 0 Å². The average molecular weight is 256 g/mol. The summed E-state index contributed by atoms with van der Waals surface area (Å²) in [6, 6.07) is 8.65. The molecule has 0 amide bonds. The minimum absolute atomic E-state index is 0.183. The van der Waals surface area contributed by atoms with Gasteiger partial charge in [-0.1, -0.05) is 18.2 Å². The summed E-state index contributed by atoms with van der Waals surface area (Å²) in [6.45, 7) is 1.98. The highest BCUT2D eigenvalue weighted by molar-refractivity contribution is 5.84. The zero-order valence-corrected chi connectivity index (χ0v) is 11.6. The molecule has 1 aromatic heterocycles. The molecule has 100 valence electrons. The number of nitrogens with zero attached hydrogens (tertiary/aromatic N) is 2. The lowest BCUT2D eigenvalue weighted by molar-refractivity contribution is 0.0808. The Morgan fingerprint density at radius 3 is 2.79 bits per heavy atom. The molecule has 1 aromatic carbocycles. The van der Waals surface area contributed by atoms with Gasteiger partial charge in [-0.05, 0) is 37.9 Å². The largest absolute Gasteiger partial charge is 0.362 e. The molecule has 0 saturated carbocycles. The molecule has 3 rings (SSSR count). The summed E-state index contributed by atoms with van der Waals surface area (Å²) in [6.07, 6.45) is 6.29. The summed E-state index contributed by atoms with van der Waals surface area (Å²) < 4.78 is 2.17. The Labute approximate surface area is 113 Å². The van der Waals surface area contributed by atoms with Gasteiger partial charge in [0.15, 0.2) is 0 Å². The van der Waals surface area contributed by atoms with Crippen molar-refractivity contribution in [3.63, 3.8) is 0 Å². The minimum Gasteiger partial charge on any atom is -0.362 e. The van der Waals surface area contributed by atoms with E-state index in [1.54, 1.807) is 0 Å². The van der Waals surface area contributed by atoms with Crippen molar-refractivity contribution in [3.05, 3.63) is 48.3 Å². The Bertz CT molecular complexity index is 639. The summed E-state index contributed by atoms with van der Waals surface area (Å²) >= 11 is 0. The van der Waals surface area contributed by atoms with Crippen LogP contribution in [0.5, 0.6) is 0 Å². The van der Waals surface area contributed by atoms with Crippen LogP contribution in [0.4, 0.5) is 0 Å².